The van der Waals surface area contributed by atoms with Crippen LogP contribution in [-0.4, -0.2) is 5.71 Å². The molecule has 0 aliphatic heterocycles. The normalized spacial score (nSPS) is 11.8. The standard InChI is InChI=1S/C13H23N/c1-8-11(6)13(10(4)5)14-12(7)9(2)3/h9H,6,8H2,1-5,7H3. The highest BCUT2D eigenvalue weighted by molar-refractivity contribution is 5.85. The first-order valence-corrected chi connectivity index (χ1v) is 5.30. The van der Waals surface area contributed by atoms with E-state index in [4.69, 9.17) is 0 Å². The maximum atomic E-state index is 4.64. The molecule has 1 heteroatoms. The molecule has 0 radical (unpaired) electrons. The quantitative estimate of drug-likeness (QED) is 0.464. The van der Waals surface area contributed by atoms with Gasteiger partial charge in [-0.3, -0.25) is 4.99 Å². The highest BCUT2D eigenvalue weighted by Crippen LogP contribution is 2.18. The molecule has 0 aliphatic carbocycles. The van der Waals surface area contributed by atoms with Crippen molar-refractivity contribution in [1.82, 2.24) is 0 Å². The first kappa shape index (κ1) is 13.2. The van der Waals surface area contributed by atoms with Gasteiger partial charge in [0, 0.05) is 5.71 Å². The van der Waals surface area contributed by atoms with Crippen molar-refractivity contribution in [1.29, 1.82) is 0 Å². The zero-order valence-corrected chi connectivity index (χ0v) is 10.4. The molecule has 0 atom stereocenters. The van der Waals surface area contributed by atoms with Crippen LogP contribution >= 0.6 is 0 Å². The van der Waals surface area contributed by atoms with E-state index in [1.807, 2.05) is 0 Å². The van der Waals surface area contributed by atoms with Crippen LogP contribution in [0.3, 0.4) is 0 Å². The van der Waals surface area contributed by atoms with Crippen LogP contribution in [0.5, 0.6) is 0 Å². The lowest BCUT2D eigenvalue weighted by Gasteiger charge is -2.10. The Morgan fingerprint density at radius 3 is 2.00 bits per heavy atom. The molecule has 0 fully saturated rings. The molecular weight excluding hydrogens is 170 g/mol. The molecule has 14 heavy (non-hydrogen) atoms. The topological polar surface area (TPSA) is 12.4 Å². The molecule has 0 aromatic rings. The molecule has 0 rings (SSSR count). The summed E-state index contributed by atoms with van der Waals surface area (Å²) in [5, 5.41) is 0. The number of rotatable bonds is 4. The van der Waals surface area contributed by atoms with Gasteiger partial charge in [0.15, 0.2) is 0 Å². The Hall–Kier alpha value is -0.850. The SMILES string of the molecule is C=C(CC)C(N=C(C)C(C)C)=C(C)C. The van der Waals surface area contributed by atoms with Gasteiger partial charge < -0.3 is 0 Å². The molecule has 0 aliphatic rings. The zero-order valence-electron chi connectivity index (χ0n) is 10.4. The Morgan fingerprint density at radius 1 is 1.21 bits per heavy atom. The zero-order chi connectivity index (χ0) is 11.3. The van der Waals surface area contributed by atoms with Crippen LogP contribution in [0.15, 0.2) is 28.4 Å². The molecule has 0 spiro atoms. The van der Waals surface area contributed by atoms with Gasteiger partial charge in [-0.2, -0.15) is 0 Å². The van der Waals surface area contributed by atoms with E-state index in [0.717, 1.165) is 17.7 Å². The Morgan fingerprint density at radius 2 is 1.71 bits per heavy atom. The number of hydrogen-bond acceptors (Lipinski definition) is 1. The van der Waals surface area contributed by atoms with E-state index < -0.39 is 0 Å². The fourth-order valence-electron chi connectivity index (χ4n) is 1.02. The van der Waals surface area contributed by atoms with Gasteiger partial charge in [-0.15, -0.1) is 0 Å². The average Bonchev–Trinajstić information content (AvgIpc) is 2.11. The third-order valence-corrected chi connectivity index (χ3v) is 2.36. The van der Waals surface area contributed by atoms with Gasteiger partial charge in [0.1, 0.15) is 0 Å². The predicted molar refractivity (Wildman–Crippen MR) is 65.8 cm³/mol. The number of hydrogen-bond donors (Lipinski definition) is 0. The van der Waals surface area contributed by atoms with Crippen molar-refractivity contribution in [3.05, 3.63) is 23.4 Å². The van der Waals surface area contributed by atoms with Crippen LogP contribution in [0.4, 0.5) is 0 Å². The Kier molecular flexibility index (Phi) is 5.44. The Bertz CT molecular complexity index is 263. The van der Waals surface area contributed by atoms with Crippen LogP contribution in [0.2, 0.25) is 0 Å². The van der Waals surface area contributed by atoms with Gasteiger partial charge in [0.2, 0.25) is 0 Å². The fourth-order valence-corrected chi connectivity index (χ4v) is 1.02. The molecule has 0 heterocycles. The van der Waals surface area contributed by atoms with Crippen LogP contribution in [0.1, 0.15) is 48.0 Å². The van der Waals surface area contributed by atoms with E-state index in [2.05, 4.69) is 53.1 Å². The van der Waals surface area contributed by atoms with Gasteiger partial charge in [-0.25, -0.2) is 0 Å². The van der Waals surface area contributed by atoms with Crippen molar-refractivity contribution >= 4 is 5.71 Å². The van der Waals surface area contributed by atoms with Crippen molar-refractivity contribution in [2.75, 3.05) is 0 Å². The Balaban J connectivity index is 5.00. The summed E-state index contributed by atoms with van der Waals surface area (Å²) in [7, 11) is 0. The first-order chi connectivity index (χ1) is 6.40. The number of aliphatic imine (C=N–C) groups is 1. The molecule has 0 saturated heterocycles. The van der Waals surface area contributed by atoms with Crippen LogP contribution in [-0.2, 0) is 0 Å². The molecule has 1 nitrogen and oxygen atoms in total. The fraction of sp³-hybridized carbons (Fsp3) is 0.615. The molecule has 80 valence electrons. The van der Waals surface area contributed by atoms with E-state index in [1.54, 1.807) is 0 Å². The van der Waals surface area contributed by atoms with Crippen molar-refractivity contribution in [2.45, 2.75) is 48.0 Å². The summed E-state index contributed by atoms with van der Waals surface area (Å²) in [6.45, 7) is 16.7. The maximum absolute atomic E-state index is 4.64. The lowest BCUT2D eigenvalue weighted by atomic mass is 10.1. The Labute approximate surface area is 88.6 Å². The van der Waals surface area contributed by atoms with Crippen LogP contribution < -0.4 is 0 Å². The van der Waals surface area contributed by atoms with E-state index in [1.165, 1.54) is 11.3 Å². The van der Waals surface area contributed by atoms with E-state index in [9.17, 15) is 0 Å². The first-order valence-electron chi connectivity index (χ1n) is 5.30. The molecule has 0 aromatic heterocycles. The summed E-state index contributed by atoms with van der Waals surface area (Å²) >= 11 is 0. The summed E-state index contributed by atoms with van der Waals surface area (Å²) in [5.41, 5.74) is 4.64. The maximum Gasteiger partial charge on any atom is 0.0641 e. The van der Waals surface area contributed by atoms with E-state index >= 15 is 0 Å². The molecule has 0 amide bonds. The highest BCUT2D eigenvalue weighted by atomic mass is 14.8. The van der Waals surface area contributed by atoms with Crippen LogP contribution in [0.25, 0.3) is 0 Å². The molecule has 0 unspecified atom stereocenters. The summed E-state index contributed by atoms with van der Waals surface area (Å²) < 4.78 is 0. The molecule has 0 saturated carbocycles. The lowest BCUT2D eigenvalue weighted by Crippen LogP contribution is -2.03. The molecular formula is C13H23N. The van der Waals surface area contributed by atoms with E-state index in [-0.39, 0.29) is 0 Å². The second-order valence-electron chi connectivity index (χ2n) is 4.21. The lowest BCUT2D eigenvalue weighted by molar-refractivity contribution is 0.873. The summed E-state index contributed by atoms with van der Waals surface area (Å²) in [6, 6.07) is 0. The van der Waals surface area contributed by atoms with Gasteiger partial charge in [0.05, 0.1) is 5.70 Å². The van der Waals surface area contributed by atoms with Gasteiger partial charge in [-0.1, -0.05) is 32.9 Å². The number of allylic oxidation sites excluding steroid dienone is 2. The molecule has 0 bridgehead atoms. The third-order valence-electron chi connectivity index (χ3n) is 2.36. The number of nitrogens with zero attached hydrogens (tertiary/aromatic N) is 1. The van der Waals surface area contributed by atoms with Gasteiger partial charge >= 0.3 is 0 Å². The smallest absolute Gasteiger partial charge is 0.0641 e. The molecule has 0 N–H and O–H groups in total. The van der Waals surface area contributed by atoms with E-state index in [0.29, 0.717) is 5.92 Å². The van der Waals surface area contributed by atoms with Crippen molar-refractivity contribution in [2.24, 2.45) is 10.9 Å². The largest absolute Gasteiger partial charge is 0.258 e. The minimum atomic E-state index is 0.508. The third kappa shape index (κ3) is 3.91. The van der Waals surface area contributed by atoms with Crippen LogP contribution in [0, 0.1) is 5.92 Å². The second kappa shape index (κ2) is 5.79. The van der Waals surface area contributed by atoms with Gasteiger partial charge in [-0.05, 0) is 38.7 Å². The second-order valence-corrected chi connectivity index (χ2v) is 4.21. The minimum Gasteiger partial charge on any atom is -0.258 e. The highest BCUT2D eigenvalue weighted by Gasteiger charge is 2.04. The average molecular weight is 193 g/mol. The van der Waals surface area contributed by atoms with Crippen molar-refractivity contribution < 1.29 is 0 Å². The van der Waals surface area contributed by atoms with Crippen molar-refractivity contribution in [3.8, 4) is 0 Å². The summed E-state index contributed by atoms with van der Waals surface area (Å²) in [5.74, 6) is 0.508. The van der Waals surface area contributed by atoms with Crippen molar-refractivity contribution in [3.63, 3.8) is 0 Å². The minimum absolute atomic E-state index is 0.508. The molecule has 0 aromatic carbocycles. The monoisotopic (exact) mass is 193 g/mol. The summed E-state index contributed by atoms with van der Waals surface area (Å²) in [4.78, 5) is 4.64. The van der Waals surface area contributed by atoms with Gasteiger partial charge in [0.25, 0.3) is 0 Å². The summed E-state index contributed by atoms with van der Waals surface area (Å²) in [6.07, 6.45) is 0.968. The predicted octanol–water partition coefficient (Wildman–Crippen LogP) is 4.36.